The zero-order chi connectivity index (χ0) is 14.8. The molecule has 1 N–H and O–H groups in total. The van der Waals surface area contributed by atoms with Gasteiger partial charge < -0.3 is 10.2 Å². The number of unbranched alkanes of at least 4 members (excludes halogenated alkanes) is 1. The lowest BCUT2D eigenvalue weighted by Gasteiger charge is -2.26. The van der Waals surface area contributed by atoms with Crippen LogP contribution in [0.4, 0.5) is 0 Å². The molecule has 1 amide bonds. The van der Waals surface area contributed by atoms with E-state index in [2.05, 4.69) is 24.1 Å². The Hall–Kier alpha value is -0.570. The maximum Gasteiger partial charge on any atom is 0.239 e. The Morgan fingerprint density at radius 3 is 2.35 bits per heavy atom. The summed E-state index contributed by atoms with van der Waals surface area (Å²) in [4.78, 5) is 14.5. The highest BCUT2D eigenvalue weighted by molar-refractivity contribution is 5.81. The topological polar surface area (TPSA) is 32.3 Å². The van der Waals surface area contributed by atoms with Crippen molar-refractivity contribution in [3.63, 3.8) is 0 Å². The average molecular weight is 282 g/mol. The van der Waals surface area contributed by atoms with Gasteiger partial charge in [0.05, 0.1) is 6.04 Å². The molecule has 1 saturated heterocycles. The van der Waals surface area contributed by atoms with Crippen molar-refractivity contribution in [1.82, 2.24) is 10.2 Å². The summed E-state index contributed by atoms with van der Waals surface area (Å²) >= 11 is 0. The number of likely N-dealkylation sites (tertiary alicyclic amines) is 1. The maximum atomic E-state index is 12.4. The van der Waals surface area contributed by atoms with E-state index in [4.69, 9.17) is 0 Å². The quantitative estimate of drug-likeness (QED) is 0.738. The van der Waals surface area contributed by atoms with Gasteiger partial charge in [-0.25, -0.2) is 0 Å². The number of carbonyl (C=O) groups is 1. The highest BCUT2D eigenvalue weighted by Gasteiger charge is 2.21. The molecule has 1 aliphatic heterocycles. The van der Waals surface area contributed by atoms with Gasteiger partial charge in [0.15, 0.2) is 0 Å². The van der Waals surface area contributed by atoms with Gasteiger partial charge in [0.25, 0.3) is 0 Å². The Bertz CT molecular complexity index is 260. The molecule has 0 bridgehead atoms. The monoisotopic (exact) mass is 282 g/mol. The predicted octanol–water partition coefficient (Wildman–Crippen LogP) is 3.58. The molecule has 0 aliphatic carbocycles. The third kappa shape index (κ3) is 6.25. The van der Waals surface area contributed by atoms with E-state index in [-0.39, 0.29) is 6.04 Å². The maximum absolute atomic E-state index is 12.4. The lowest BCUT2D eigenvalue weighted by molar-refractivity contribution is -0.133. The molecule has 0 spiro atoms. The van der Waals surface area contributed by atoms with Crippen molar-refractivity contribution in [2.24, 2.45) is 5.92 Å². The van der Waals surface area contributed by atoms with Crippen molar-refractivity contribution in [2.45, 2.75) is 78.2 Å². The number of nitrogens with zero attached hydrogens (tertiary/aromatic N) is 1. The molecule has 0 aromatic rings. The molecule has 1 aliphatic rings. The first-order valence-corrected chi connectivity index (χ1v) is 8.71. The van der Waals surface area contributed by atoms with Gasteiger partial charge in [-0.05, 0) is 38.6 Å². The standard InChI is InChI=1S/C17H34N2O/c1-4-6-11-16(5-2)14-18-15(3)17(20)19-12-9-7-8-10-13-19/h15-16,18H,4-14H2,1-3H3. The number of hydrogen-bond acceptors (Lipinski definition) is 2. The normalized spacial score (nSPS) is 19.4. The van der Waals surface area contributed by atoms with E-state index in [1.165, 1.54) is 51.4 Å². The van der Waals surface area contributed by atoms with Crippen LogP contribution in [-0.4, -0.2) is 36.5 Å². The van der Waals surface area contributed by atoms with Crippen LogP contribution in [-0.2, 0) is 4.79 Å². The predicted molar refractivity (Wildman–Crippen MR) is 85.8 cm³/mol. The van der Waals surface area contributed by atoms with Crippen molar-refractivity contribution in [3.8, 4) is 0 Å². The molecular formula is C17H34N2O. The summed E-state index contributed by atoms with van der Waals surface area (Å²) < 4.78 is 0. The van der Waals surface area contributed by atoms with Gasteiger partial charge in [-0.2, -0.15) is 0 Å². The smallest absolute Gasteiger partial charge is 0.239 e. The molecule has 1 heterocycles. The van der Waals surface area contributed by atoms with E-state index in [9.17, 15) is 4.79 Å². The molecule has 3 heteroatoms. The first-order valence-electron chi connectivity index (χ1n) is 8.71. The van der Waals surface area contributed by atoms with Crippen LogP contribution in [0.15, 0.2) is 0 Å². The Labute approximate surface area is 125 Å². The third-order valence-electron chi connectivity index (χ3n) is 4.54. The van der Waals surface area contributed by atoms with Gasteiger partial charge in [-0.15, -0.1) is 0 Å². The van der Waals surface area contributed by atoms with Gasteiger partial charge in [-0.1, -0.05) is 46.0 Å². The number of hydrogen-bond donors (Lipinski definition) is 1. The van der Waals surface area contributed by atoms with Crippen LogP contribution in [0.3, 0.4) is 0 Å². The summed E-state index contributed by atoms with van der Waals surface area (Å²) in [5, 5.41) is 3.47. The molecule has 118 valence electrons. The molecular weight excluding hydrogens is 248 g/mol. The minimum absolute atomic E-state index is 0.0243. The minimum Gasteiger partial charge on any atom is -0.341 e. The highest BCUT2D eigenvalue weighted by Crippen LogP contribution is 2.13. The summed E-state index contributed by atoms with van der Waals surface area (Å²) in [7, 11) is 0. The third-order valence-corrected chi connectivity index (χ3v) is 4.54. The fraction of sp³-hybridized carbons (Fsp3) is 0.941. The van der Waals surface area contributed by atoms with Crippen LogP contribution in [0.5, 0.6) is 0 Å². The van der Waals surface area contributed by atoms with E-state index in [1.807, 2.05) is 6.92 Å². The Morgan fingerprint density at radius 1 is 1.15 bits per heavy atom. The minimum atomic E-state index is -0.0243. The average Bonchev–Trinajstić information content (AvgIpc) is 2.75. The summed E-state index contributed by atoms with van der Waals surface area (Å²) in [6.45, 7) is 9.42. The molecule has 3 nitrogen and oxygen atoms in total. The van der Waals surface area contributed by atoms with Crippen molar-refractivity contribution in [2.75, 3.05) is 19.6 Å². The van der Waals surface area contributed by atoms with Gasteiger partial charge in [0, 0.05) is 13.1 Å². The van der Waals surface area contributed by atoms with Crippen LogP contribution in [0, 0.1) is 5.92 Å². The molecule has 1 fully saturated rings. The Balaban J connectivity index is 2.32. The van der Waals surface area contributed by atoms with Crippen molar-refractivity contribution >= 4 is 5.91 Å². The number of nitrogens with one attached hydrogen (secondary N) is 1. The fourth-order valence-corrected chi connectivity index (χ4v) is 2.94. The SMILES string of the molecule is CCCCC(CC)CNC(C)C(=O)N1CCCCCC1. The molecule has 2 unspecified atom stereocenters. The summed E-state index contributed by atoms with van der Waals surface area (Å²) in [5.74, 6) is 1.02. The zero-order valence-electron chi connectivity index (χ0n) is 13.8. The molecule has 0 saturated carbocycles. The lowest BCUT2D eigenvalue weighted by Crippen LogP contribution is -2.46. The summed E-state index contributed by atoms with van der Waals surface area (Å²) in [6.07, 6.45) is 9.95. The Morgan fingerprint density at radius 2 is 1.80 bits per heavy atom. The lowest BCUT2D eigenvalue weighted by atomic mass is 9.99. The number of carbonyl (C=O) groups excluding carboxylic acids is 1. The van der Waals surface area contributed by atoms with E-state index in [1.54, 1.807) is 0 Å². The summed E-state index contributed by atoms with van der Waals surface area (Å²) in [6, 6.07) is -0.0243. The van der Waals surface area contributed by atoms with E-state index < -0.39 is 0 Å². The Kier molecular flexibility index (Phi) is 8.92. The molecule has 20 heavy (non-hydrogen) atoms. The first kappa shape index (κ1) is 17.5. The number of amides is 1. The molecule has 0 aromatic carbocycles. The zero-order valence-corrected chi connectivity index (χ0v) is 13.8. The first-order chi connectivity index (χ1) is 9.69. The van der Waals surface area contributed by atoms with Gasteiger partial charge in [-0.3, -0.25) is 4.79 Å². The fourth-order valence-electron chi connectivity index (χ4n) is 2.94. The van der Waals surface area contributed by atoms with E-state index >= 15 is 0 Å². The van der Waals surface area contributed by atoms with Crippen molar-refractivity contribution < 1.29 is 4.79 Å². The van der Waals surface area contributed by atoms with Crippen LogP contribution >= 0.6 is 0 Å². The summed E-state index contributed by atoms with van der Waals surface area (Å²) in [5.41, 5.74) is 0. The highest BCUT2D eigenvalue weighted by atomic mass is 16.2. The van der Waals surface area contributed by atoms with Crippen molar-refractivity contribution in [1.29, 1.82) is 0 Å². The van der Waals surface area contributed by atoms with Gasteiger partial charge in [0.2, 0.25) is 5.91 Å². The van der Waals surface area contributed by atoms with Crippen molar-refractivity contribution in [3.05, 3.63) is 0 Å². The molecule has 0 aromatic heterocycles. The van der Waals surface area contributed by atoms with E-state index in [0.717, 1.165) is 19.6 Å². The van der Waals surface area contributed by atoms with Crippen LogP contribution in [0.1, 0.15) is 72.1 Å². The molecule has 0 radical (unpaired) electrons. The van der Waals surface area contributed by atoms with Crippen LogP contribution < -0.4 is 5.32 Å². The molecule has 1 rings (SSSR count). The largest absolute Gasteiger partial charge is 0.341 e. The second-order valence-electron chi connectivity index (χ2n) is 6.29. The molecule has 2 atom stereocenters. The van der Waals surface area contributed by atoms with Crippen LogP contribution in [0.25, 0.3) is 0 Å². The second kappa shape index (κ2) is 10.2. The van der Waals surface area contributed by atoms with Gasteiger partial charge >= 0.3 is 0 Å². The van der Waals surface area contributed by atoms with E-state index in [0.29, 0.717) is 11.8 Å². The number of rotatable bonds is 8. The van der Waals surface area contributed by atoms with Gasteiger partial charge in [0.1, 0.15) is 0 Å². The van der Waals surface area contributed by atoms with Crippen LogP contribution in [0.2, 0.25) is 0 Å². The second-order valence-corrected chi connectivity index (χ2v) is 6.29.